The van der Waals surface area contributed by atoms with Crippen LogP contribution in [-0.4, -0.2) is 16.3 Å². The fourth-order valence-corrected chi connectivity index (χ4v) is 2.09. The highest BCUT2D eigenvalue weighted by atomic mass is 32.2. The van der Waals surface area contributed by atoms with E-state index in [-0.39, 0.29) is 0 Å². The molecule has 4 heteroatoms. The minimum Gasteiger partial charge on any atom is -0.462 e. The molecule has 3 nitrogen and oxygen atoms in total. The van der Waals surface area contributed by atoms with E-state index >= 15 is 0 Å². The molecular weight excluding hydrogens is 232 g/mol. The fraction of sp³-hybridized carbons (Fsp3) is 0.231. The van der Waals surface area contributed by atoms with E-state index in [2.05, 4.69) is 9.98 Å². The van der Waals surface area contributed by atoms with Gasteiger partial charge in [0.15, 0.2) is 11.6 Å². The molecule has 0 unspecified atom stereocenters. The van der Waals surface area contributed by atoms with Gasteiger partial charge in [0, 0.05) is 5.69 Å². The Kier molecular flexibility index (Phi) is 3.64. The summed E-state index contributed by atoms with van der Waals surface area (Å²) in [5.74, 6) is 1.50. The van der Waals surface area contributed by atoms with Gasteiger partial charge in [0.2, 0.25) is 0 Å². The number of hydrogen-bond acceptors (Lipinski definition) is 4. The number of furan rings is 1. The highest BCUT2D eigenvalue weighted by Crippen LogP contribution is 2.18. The molecule has 0 N–H and O–H groups in total. The monoisotopic (exact) mass is 246 g/mol. The molecule has 0 atom stereocenters. The second-order valence-corrected chi connectivity index (χ2v) is 4.54. The van der Waals surface area contributed by atoms with Gasteiger partial charge in [-0.25, -0.2) is 9.98 Å². The fourth-order valence-electron chi connectivity index (χ4n) is 1.58. The van der Waals surface area contributed by atoms with Crippen LogP contribution in [0, 0.1) is 13.8 Å². The molecule has 2 rings (SSSR count). The van der Waals surface area contributed by atoms with Crippen molar-refractivity contribution in [3.63, 3.8) is 0 Å². The van der Waals surface area contributed by atoms with Gasteiger partial charge in [0.1, 0.15) is 5.04 Å². The molecule has 88 valence electrons. The third-order valence-corrected chi connectivity index (χ3v) is 2.90. The third-order valence-electron chi connectivity index (χ3n) is 2.23. The van der Waals surface area contributed by atoms with Crippen molar-refractivity contribution in [3.05, 3.63) is 47.5 Å². The van der Waals surface area contributed by atoms with Crippen molar-refractivity contribution >= 4 is 22.6 Å². The predicted octanol–water partition coefficient (Wildman–Crippen LogP) is 3.73. The first kappa shape index (κ1) is 11.9. The molecule has 17 heavy (non-hydrogen) atoms. The lowest BCUT2D eigenvalue weighted by Crippen LogP contribution is -1.93. The summed E-state index contributed by atoms with van der Waals surface area (Å²) < 4.78 is 5.34. The number of nitrogens with zero attached hydrogens (tertiary/aromatic N) is 2. The maximum Gasteiger partial charge on any atom is 0.158 e. The van der Waals surface area contributed by atoms with Crippen molar-refractivity contribution in [2.45, 2.75) is 13.8 Å². The molecule has 0 radical (unpaired) electrons. The van der Waals surface area contributed by atoms with E-state index in [0.717, 1.165) is 27.9 Å². The summed E-state index contributed by atoms with van der Waals surface area (Å²) in [4.78, 5) is 8.91. The number of aromatic nitrogens is 1. The first-order valence-electron chi connectivity index (χ1n) is 5.31. The van der Waals surface area contributed by atoms with Gasteiger partial charge in [-0.3, -0.25) is 0 Å². The molecular formula is C13H14N2OS. The van der Waals surface area contributed by atoms with Gasteiger partial charge < -0.3 is 4.42 Å². The van der Waals surface area contributed by atoms with Crippen molar-refractivity contribution in [2.24, 2.45) is 4.99 Å². The van der Waals surface area contributed by atoms with E-state index < -0.39 is 0 Å². The number of aryl methyl sites for hydroxylation is 2. The summed E-state index contributed by atoms with van der Waals surface area (Å²) in [7, 11) is 0. The number of aliphatic imine (C=N–C) groups is 1. The molecule has 0 spiro atoms. The summed E-state index contributed by atoms with van der Waals surface area (Å²) in [5.41, 5.74) is 2.14. The Morgan fingerprint density at radius 1 is 1.35 bits per heavy atom. The lowest BCUT2D eigenvalue weighted by Gasteiger charge is -2.02. The number of thioether (sulfide) groups is 1. The first-order valence-corrected chi connectivity index (χ1v) is 6.53. The van der Waals surface area contributed by atoms with Crippen molar-refractivity contribution in [1.82, 2.24) is 4.98 Å². The summed E-state index contributed by atoms with van der Waals surface area (Å²) in [6.07, 6.45) is 3.63. The van der Waals surface area contributed by atoms with Gasteiger partial charge >= 0.3 is 0 Å². The molecule has 2 aromatic heterocycles. The molecule has 0 saturated heterocycles. The molecule has 0 aliphatic rings. The third kappa shape index (κ3) is 2.97. The highest BCUT2D eigenvalue weighted by Gasteiger charge is 2.06. The Balaban J connectivity index is 2.39. The van der Waals surface area contributed by atoms with Crippen LogP contribution in [0.15, 0.2) is 39.9 Å². The van der Waals surface area contributed by atoms with Gasteiger partial charge in [0.05, 0.1) is 6.26 Å². The molecule has 0 aliphatic heterocycles. The highest BCUT2D eigenvalue weighted by molar-refractivity contribution is 8.13. The average molecular weight is 246 g/mol. The van der Waals surface area contributed by atoms with Gasteiger partial charge in [0.25, 0.3) is 0 Å². The van der Waals surface area contributed by atoms with Crippen LogP contribution >= 0.6 is 11.8 Å². The average Bonchev–Trinajstić information content (AvgIpc) is 2.77. The molecule has 2 heterocycles. The Hall–Kier alpha value is -1.55. The predicted molar refractivity (Wildman–Crippen MR) is 72.1 cm³/mol. The number of pyridine rings is 1. The second kappa shape index (κ2) is 5.19. The maximum absolute atomic E-state index is 5.34. The molecule has 0 aliphatic carbocycles. The molecule has 0 fully saturated rings. The molecule has 0 amide bonds. The van der Waals surface area contributed by atoms with Gasteiger partial charge in [-0.15, -0.1) is 11.8 Å². The maximum atomic E-state index is 5.34. The van der Waals surface area contributed by atoms with E-state index in [1.165, 1.54) is 0 Å². The standard InChI is InChI=1S/C13H14N2OS/c1-9-7-10(2)14-12(8-9)15-13(17-3)11-5-4-6-16-11/h4-8H,1-3H3/b15-13-. The van der Waals surface area contributed by atoms with E-state index in [0.29, 0.717) is 0 Å². The van der Waals surface area contributed by atoms with Gasteiger partial charge in [-0.2, -0.15) is 0 Å². The molecule has 2 aromatic rings. The van der Waals surface area contributed by atoms with E-state index in [4.69, 9.17) is 4.42 Å². The molecule has 0 aromatic carbocycles. The van der Waals surface area contributed by atoms with Crippen molar-refractivity contribution in [3.8, 4) is 0 Å². The van der Waals surface area contributed by atoms with Crippen LogP contribution in [0.1, 0.15) is 17.0 Å². The van der Waals surface area contributed by atoms with Crippen molar-refractivity contribution in [1.29, 1.82) is 0 Å². The zero-order valence-electron chi connectivity index (χ0n) is 10.1. The lowest BCUT2D eigenvalue weighted by atomic mass is 10.2. The van der Waals surface area contributed by atoms with Gasteiger partial charge in [-0.1, -0.05) is 0 Å². The lowest BCUT2D eigenvalue weighted by molar-refractivity contribution is 0.559. The van der Waals surface area contributed by atoms with Gasteiger partial charge in [-0.05, 0) is 49.9 Å². The summed E-state index contributed by atoms with van der Waals surface area (Å²) in [5, 5.41) is 0.840. The summed E-state index contributed by atoms with van der Waals surface area (Å²) in [6.45, 7) is 4.01. The minimum absolute atomic E-state index is 0.725. The second-order valence-electron chi connectivity index (χ2n) is 3.74. The minimum atomic E-state index is 0.725. The Morgan fingerprint density at radius 2 is 2.18 bits per heavy atom. The SMILES string of the molecule is CS/C(=N\c1cc(C)cc(C)n1)c1ccco1. The Labute approximate surface area is 105 Å². The van der Waals surface area contributed by atoms with E-state index in [1.54, 1.807) is 18.0 Å². The van der Waals surface area contributed by atoms with E-state index in [1.807, 2.05) is 44.4 Å². The Morgan fingerprint density at radius 3 is 2.76 bits per heavy atom. The summed E-state index contributed by atoms with van der Waals surface area (Å²) >= 11 is 1.55. The summed E-state index contributed by atoms with van der Waals surface area (Å²) in [6, 6.07) is 7.75. The zero-order chi connectivity index (χ0) is 12.3. The smallest absolute Gasteiger partial charge is 0.158 e. The van der Waals surface area contributed by atoms with Crippen LogP contribution in [-0.2, 0) is 0 Å². The van der Waals surface area contributed by atoms with Crippen LogP contribution in [0.25, 0.3) is 0 Å². The topological polar surface area (TPSA) is 38.4 Å². The van der Waals surface area contributed by atoms with Crippen LogP contribution in [0.5, 0.6) is 0 Å². The number of rotatable bonds is 2. The van der Waals surface area contributed by atoms with E-state index in [9.17, 15) is 0 Å². The van der Waals surface area contributed by atoms with Crippen molar-refractivity contribution in [2.75, 3.05) is 6.26 Å². The largest absolute Gasteiger partial charge is 0.462 e. The van der Waals surface area contributed by atoms with Crippen LogP contribution < -0.4 is 0 Å². The van der Waals surface area contributed by atoms with Crippen molar-refractivity contribution < 1.29 is 4.42 Å². The molecule has 0 bridgehead atoms. The first-order chi connectivity index (χ1) is 8.19. The van der Waals surface area contributed by atoms with Crippen LogP contribution in [0.2, 0.25) is 0 Å². The zero-order valence-corrected chi connectivity index (χ0v) is 10.9. The Bertz CT molecular complexity index is 512. The quantitative estimate of drug-likeness (QED) is 0.598. The van der Waals surface area contributed by atoms with Crippen LogP contribution in [0.3, 0.4) is 0 Å². The number of hydrogen-bond donors (Lipinski definition) is 0. The normalized spacial score (nSPS) is 11.8. The molecule has 0 saturated carbocycles. The van der Waals surface area contributed by atoms with Crippen LogP contribution in [0.4, 0.5) is 5.82 Å².